The van der Waals surface area contributed by atoms with Gasteiger partial charge in [0.25, 0.3) is 0 Å². The molecule has 0 amide bonds. The average molecular weight is 357 g/mol. The lowest BCUT2D eigenvalue weighted by molar-refractivity contribution is 0.459. The lowest BCUT2D eigenvalue weighted by Gasteiger charge is -2.07. The Morgan fingerprint density at radius 2 is 2.06 bits per heavy atom. The highest BCUT2D eigenvalue weighted by Crippen LogP contribution is 2.29. The number of halogens is 2. The number of hydrogen-bond acceptors (Lipinski definition) is 2. The molecule has 2 rings (SSSR count). The third-order valence-electron chi connectivity index (χ3n) is 2.30. The van der Waals surface area contributed by atoms with Crippen LogP contribution in [0.4, 0.5) is 0 Å². The van der Waals surface area contributed by atoms with E-state index in [-0.39, 0.29) is 0 Å². The largest absolute Gasteiger partial charge is 0.438 e. The predicted octanol–water partition coefficient (Wildman–Crippen LogP) is 4.96. The van der Waals surface area contributed by atoms with Gasteiger partial charge in [-0.3, -0.25) is 0 Å². The molecule has 0 aliphatic heterocycles. The fraction of sp³-hybridized carbons (Fsp3) is 0.154. The SMILES string of the molecule is CCc1cccc(Oc2ncc(Br)cc2Br)c1. The van der Waals surface area contributed by atoms with Crippen LogP contribution >= 0.6 is 31.9 Å². The molecule has 0 N–H and O–H groups in total. The molecule has 2 nitrogen and oxygen atoms in total. The van der Waals surface area contributed by atoms with Crippen LogP contribution in [0.2, 0.25) is 0 Å². The first kappa shape index (κ1) is 12.6. The molecule has 0 radical (unpaired) electrons. The maximum atomic E-state index is 5.73. The van der Waals surface area contributed by atoms with Crippen molar-refractivity contribution in [2.75, 3.05) is 0 Å². The van der Waals surface area contributed by atoms with Crippen LogP contribution in [-0.4, -0.2) is 4.98 Å². The smallest absolute Gasteiger partial charge is 0.233 e. The van der Waals surface area contributed by atoms with Gasteiger partial charge in [-0.05, 0) is 62.0 Å². The van der Waals surface area contributed by atoms with E-state index < -0.39 is 0 Å². The van der Waals surface area contributed by atoms with Crippen molar-refractivity contribution in [1.82, 2.24) is 4.98 Å². The van der Waals surface area contributed by atoms with Crippen molar-refractivity contribution < 1.29 is 4.74 Å². The highest BCUT2D eigenvalue weighted by molar-refractivity contribution is 9.11. The zero-order valence-electron chi connectivity index (χ0n) is 9.28. The number of nitrogens with zero attached hydrogens (tertiary/aromatic N) is 1. The Morgan fingerprint density at radius 1 is 1.24 bits per heavy atom. The second-order valence-electron chi connectivity index (χ2n) is 3.54. The van der Waals surface area contributed by atoms with Crippen molar-refractivity contribution in [2.24, 2.45) is 0 Å². The minimum absolute atomic E-state index is 0.571. The molecule has 88 valence electrons. The van der Waals surface area contributed by atoms with E-state index in [2.05, 4.69) is 49.8 Å². The van der Waals surface area contributed by atoms with Gasteiger partial charge in [0.1, 0.15) is 5.75 Å². The van der Waals surface area contributed by atoms with Gasteiger partial charge in [0.15, 0.2) is 0 Å². The zero-order chi connectivity index (χ0) is 12.3. The second kappa shape index (κ2) is 5.65. The van der Waals surface area contributed by atoms with Crippen molar-refractivity contribution in [3.8, 4) is 11.6 Å². The fourth-order valence-corrected chi connectivity index (χ4v) is 2.49. The molecule has 0 aliphatic carbocycles. The monoisotopic (exact) mass is 355 g/mol. The molecule has 1 aromatic carbocycles. The quantitative estimate of drug-likeness (QED) is 0.775. The van der Waals surface area contributed by atoms with Crippen molar-refractivity contribution in [2.45, 2.75) is 13.3 Å². The molecule has 0 atom stereocenters. The van der Waals surface area contributed by atoms with Gasteiger partial charge in [-0.1, -0.05) is 19.1 Å². The molecule has 0 saturated carbocycles. The number of pyridine rings is 1. The van der Waals surface area contributed by atoms with E-state index >= 15 is 0 Å². The summed E-state index contributed by atoms with van der Waals surface area (Å²) in [5.74, 6) is 1.38. The predicted molar refractivity (Wildman–Crippen MR) is 75.5 cm³/mol. The van der Waals surface area contributed by atoms with E-state index in [1.165, 1.54) is 5.56 Å². The van der Waals surface area contributed by atoms with E-state index in [1.54, 1.807) is 6.20 Å². The lowest BCUT2D eigenvalue weighted by Crippen LogP contribution is -1.90. The van der Waals surface area contributed by atoms with Crippen LogP contribution in [-0.2, 0) is 6.42 Å². The number of benzene rings is 1. The molecule has 17 heavy (non-hydrogen) atoms. The van der Waals surface area contributed by atoms with Gasteiger partial charge in [0.2, 0.25) is 5.88 Å². The molecule has 1 aromatic heterocycles. The number of ether oxygens (including phenoxy) is 1. The van der Waals surface area contributed by atoms with Crippen LogP contribution in [0.5, 0.6) is 11.6 Å². The summed E-state index contributed by atoms with van der Waals surface area (Å²) in [6.07, 6.45) is 2.70. The van der Waals surface area contributed by atoms with E-state index in [0.717, 1.165) is 21.1 Å². The third-order valence-corrected chi connectivity index (χ3v) is 3.30. The van der Waals surface area contributed by atoms with Crippen LogP contribution in [0.15, 0.2) is 45.5 Å². The van der Waals surface area contributed by atoms with Crippen LogP contribution in [0, 0.1) is 0 Å². The lowest BCUT2D eigenvalue weighted by atomic mass is 10.2. The van der Waals surface area contributed by atoms with E-state index in [9.17, 15) is 0 Å². The summed E-state index contributed by atoms with van der Waals surface area (Å²) in [5, 5.41) is 0. The summed E-state index contributed by atoms with van der Waals surface area (Å²) in [7, 11) is 0. The minimum Gasteiger partial charge on any atom is -0.438 e. The molecule has 1 heterocycles. The number of rotatable bonds is 3. The van der Waals surface area contributed by atoms with Gasteiger partial charge >= 0.3 is 0 Å². The van der Waals surface area contributed by atoms with E-state index in [0.29, 0.717) is 5.88 Å². The zero-order valence-corrected chi connectivity index (χ0v) is 12.5. The molecule has 0 bridgehead atoms. The average Bonchev–Trinajstić information content (AvgIpc) is 2.33. The van der Waals surface area contributed by atoms with Crippen molar-refractivity contribution >= 4 is 31.9 Å². The number of aryl methyl sites for hydroxylation is 1. The first-order valence-electron chi connectivity index (χ1n) is 5.27. The number of hydrogen-bond donors (Lipinski definition) is 0. The Hall–Kier alpha value is -0.870. The molecule has 2 aromatic rings. The van der Waals surface area contributed by atoms with Crippen LogP contribution in [0.3, 0.4) is 0 Å². The molecule has 0 unspecified atom stereocenters. The summed E-state index contributed by atoms with van der Waals surface area (Å²) in [5.41, 5.74) is 1.25. The molecule has 4 heteroatoms. The summed E-state index contributed by atoms with van der Waals surface area (Å²) < 4.78 is 7.47. The second-order valence-corrected chi connectivity index (χ2v) is 5.31. The summed E-state index contributed by atoms with van der Waals surface area (Å²) in [4.78, 5) is 4.21. The Balaban J connectivity index is 2.25. The molecule has 0 aliphatic rings. The van der Waals surface area contributed by atoms with Crippen LogP contribution in [0.25, 0.3) is 0 Å². The summed E-state index contributed by atoms with van der Waals surface area (Å²) >= 11 is 6.78. The van der Waals surface area contributed by atoms with Crippen molar-refractivity contribution in [3.63, 3.8) is 0 Å². The highest BCUT2D eigenvalue weighted by Gasteiger charge is 2.05. The van der Waals surface area contributed by atoms with E-state index in [1.807, 2.05) is 24.3 Å². The molecule has 0 saturated heterocycles. The fourth-order valence-electron chi connectivity index (χ4n) is 1.42. The Bertz CT molecular complexity index is 529. The van der Waals surface area contributed by atoms with Gasteiger partial charge < -0.3 is 4.74 Å². The molecule has 0 spiro atoms. The standard InChI is InChI=1S/C13H11Br2NO/c1-2-9-4-3-5-11(6-9)17-13-12(15)7-10(14)8-16-13/h3-8H,2H2,1H3. The first-order valence-corrected chi connectivity index (χ1v) is 6.85. The summed E-state index contributed by atoms with van der Waals surface area (Å²) in [6.45, 7) is 2.12. The van der Waals surface area contributed by atoms with E-state index in [4.69, 9.17) is 4.74 Å². The van der Waals surface area contributed by atoms with Gasteiger partial charge in [0.05, 0.1) is 4.47 Å². The molecule has 0 fully saturated rings. The minimum atomic E-state index is 0.571. The Labute approximate surface area is 117 Å². The highest BCUT2D eigenvalue weighted by atomic mass is 79.9. The van der Waals surface area contributed by atoms with Crippen LogP contribution in [0.1, 0.15) is 12.5 Å². The Kier molecular flexibility index (Phi) is 4.18. The van der Waals surface area contributed by atoms with Crippen molar-refractivity contribution in [1.29, 1.82) is 0 Å². The third kappa shape index (κ3) is 3.30. The van der Waals surface area contributed by atoms with Gasteiger partial charge in [-0.25, -0.2) is 4.98 Å². The normalized spacial score (nSPS) is 10.3. The molecular formula is C13H11Br2NO. The maximum absolute atomic E-state index is 5.73. The van der Waals surface area contributed by atoms with Gasteiger partial charge in [-0.2, -0.15) is 0 Å². The first-order chi connectivity index (χ1) is 8.19. The number of aromatic nitrogens is 1. The Morgan fingerprint density at radius 3 is 2.76 bits per heavy atom. The molecular weight excluding hydrogens is 346 g/mol. The van der Waals surface area contributed by atoms with Crippen LogP contribution < -0.4 is 4.74 Å². The maximum Gasteiger partial charge on any atom is 0.233 e. The van der Waals surface area contributed by atoms with Gasteiger partial charge in [-0.15, -0.1) is 0 Å². The van der Waals surface area contributed by atoms with Crippen molar-refractivity contribution in [3.05, 3.63) is 51.0 Å². The topological polar surface area (TPSA) is 22.1 Å². The van der Waals surface area contributed by atoms with Gasteiger partial charge in [0, 0.05) is 10.7 Å². The summed E-state index contributed by atoms with van der Waals surface area (Å²) in [6, 6.07) is 9.93.